The molecule has 0 aliphatic carbocycles. The van der Waals surface area contributed by atoms with Crippen molar-refractivity contribution in [2.75, 3.05) is 20.7 Å². The van der Waals surface area contributed by atoms with Crippen molar-refractivity contribution >= 4 is 23.2 Å². The first-order valence-electron chi connectivity index (χ1n) is 8.24. The molecule has 2 atom stereocenters. The van der Waals surface area contributed by atoms with Gasteiger partial charge in [0.15, 0.2) is 0 Å². The lowest BCUT2D eigenvalue weighted by Gasteiger charge is -2.15. The molecule has 7 heteroatoms. The largest absolute Gasteiger partial charge is 0.468 e. The van der Waals surface area contributed by atoms with Crippen LogP contribution in [0.25, 0.3) is 5.00 Å². The Morgan fingerprint density at radius 3 is 2.60 bits per heavy atom. The lowest BCUT2D eigenvalue weighted by Crippen LogP contribution is -2.37. The lowest BCUT2D eigenvalue weighted by atomic mass is 10.1. The molecule has 6 nitrogen and oxygen atoms in total. The summed E-state index contributed by atoms with van der Waals surface area (Å²) in [7, 11) is 3.27. The van der Waals surface area contributed by atoms with Gasteiger partial charge in [-0.25, -0.2) is 0 Å². The van der Waals surface area contributed by atoms with Crippen LogP contribution in [0.5, 0.6) is 0 Å². The number of thiophene rings is 1. The van der Waals surface area contributed by atoms with Crippen molar-refractivity contribution in [1.82, 2.24) is 14.8 Å². The van der Waals surface area contributed by atoms with E-state index in [4.69, 9.17) is 4.74 Å². The zero-order valence-electron chi connectivity index (χ0n) is 14.9. The summed E-state index contributed by atoms with van der Waals surface area (Å²) in [4.78, 5) is 27.8. The maximum atomic E-state index is 13.0. The number of methoxy groups -OCH3 is 1. The van der Waals surface area contributed by atoms with Gasteiger partial charge in [-0.15, -0.1) is 11.3 Å². The van der Waals surface area contributed by atoms with Crippen LogP contribution >= 0.6 is 11.3 Å². The molecule has 0 bridgehead atoms. The predicted octanol–water partition coefficient (Wildman–Crippen LogP) is 2.13. The standard InChI is InChI=1S/C18H23N3O3S/c1-11-12(2)25-17(21-7-5-6-8-21)15(11)16(22)19-13-9-14(18(23)24-4)20(3)10-13/h5-8,13-14H,9-10H2,1-4H3,(H,19,22)/t13-,14+/m1/s1. The van der Waals surface area contributed by atoms with Gasteiger partial charge in [-0.05, 0) is 45.0 Å². The highest BCUT2D eigenvalue weighted by Gasteiger charge is 2.36. The van der Waals surface area contributed by atoms with Crippen molar-refractivity contribution in [1.29, 1.82) is 0 Å². The zero-order valence-corrected chi connectivity index (χ0v) is 15.7. The minimum atomic E-state index is -0.301. The van der Waals surface area contributed by atoms with E-state index in [1.54, 1.807) is 11.3 Å². The lowest BCUT2D eigenvalue weighted by molar-refractivity contribution is -0.145. The van der Waals surface area contributed by atoms with Gasteiger partial charge in [0.2, 0.25) is 0 Å². The first-order valence-corrected chi connectivity index (χ1v) is 9.06. The summed E-state index contributed by atoms with van der Waals surface area (Å²) in [6.07, 6.45) is 4.45. The number of rotatable bonds is 4. The summed E-state index contributed by atoms with van der Waals surface area (Å²) in [5, 5.41) is 4.02. The molecule has 1 saturated heterocycles. The number of amides is 1. The number of carbonyl (C=O) groups excluding carboxylic acids is 2. The van der Waals surface area contributed by atoms with Crippen molar-refractivity contribution in [3.63, 3.8) is 0 Å². The summed E-state index contributed by atoms with van der Waals surface area (Å²) in [6.45, 7) is 4.64. The first-order chi connectivity index (χ1) is 11.9. The van der Waals surface area contributed by atoms with E-state index in [2.05, 4.69) is 5.32 Å². The molecular formula is C18H23N3O3S. The van der Waals surface area contributed by atoms with Gasteiger partial charge < -0.3 is 14.6 Å². The van der Waals surface area contributed by atoms with E-state index >= 15 is 0 Å². The van der Waals surface area contributed by atoms with Gasteiger partial charge in [-0.2, -0.15) is 0 Å². The molecule has 0 spiro atoms. The van der Waals surface area contributed by atoms with Gasteiger partial charge in [0.05, 0.1) is 12.7 Å². The summed E-state index contributed by atoms with van der Waals surface area (Å²) >= 11 is 1.61. The molecule has 1 fully saturated rings. The minimum absolute atomic E-state index is 0.0706. The molecule has 0 aromatic carbocycles. The molecule has 0 radical (unpaired) electrons. The SMILES string of the molecule is COC(=O)[C@@H]1C[C@@H](NC(=O)c2c(-n3cccc3)sc(C)c2C)CN1C. The highest BCUT2D eigenvalue weighted by atomic mass is 32.1. The van der Waals surface area contributed by atoms with Crippen LogP contribution in [-0.2, 0) is 9.53 Å². The molecule has 3 heterocycles. The average Bonchev–Trinajstić information content (AvgIpc) is 3.28. The quantitative estimate of drug-likeness (QED) is 0.848. The van der Waals surface area contributed by atoms with Crippen molar-refractivity contribution in [2.24, 2.45) is 0 Å². The second-order valence-corrected chi connectivity index (χ2v) is 7.64. The molecule has 3 rings (SSSR count). The molecule has 0 saturated carbocycles. The molecule has 1 N–H and O–H groups in total. The molecule has 25 heavy (non-hydrogen) atoms. The Hall–Kier alpha value is -2.12. The number of hydrogen-bond acceptors (Lipinski definition) is 5. The smallest absolute Gasteiger partial charge is 0.323 e. The van der Waals surface area contributed by atoms with Gasteiger partial charge >= 0.3 is 5.97 Å². The van der Waals surface area contributed by atoms with Crippen LogP contribution in [0, 0.1) is 13.8 Å². The Morgan fingerprint density at radius 2 is 1.96 bits per heavy atom. The Morgan fingerprint density at radius 1 is 1.28 bits per heavy atom. The van der Waals surface area contributed by atoms with E-state index in [1.165, 1.54) is 7.11 Å². The third-order valence-electron chi connectivity index (χ3n) is 4.79. The molecule has 2 aromatic heterocycles. The van der Waals surface area contributed by atoms with Crippen LogP contribution in [0.2, 0.25) is 0 Å². The summed E-state index contributed by atoms with van der Waals surface area (Å²) in [5.41, 5.74) is 1.71. The number of esters is 1. The molecule has 134 valence electrons. The zero-order chi connectivity index (χ0) is 18.1. The molecule has 1 aliphatic rings. The number of carbonyl (C=O) groups is 2. The third-order valence-corrected chi connectivity index (χ3v) is 6.01. The molecular weight excluding hydrogens is 338 g/mol. The number of likely N-dealkylation sites (N-methyl/N-ethyl adjacent to an activating group) is 1. The van der Waals surface area contributed by atoms with Gasteiger partial charge in [0, 0.05) is 29.9 Å². The second kappa shape index (κ2) is 7.01. The highest BCUT2D eigenvalue weighted by Crippen LogP contribution is 2.31. The van der Waals surface area contributed by atoms with Crippen molar-refractivity contribution in [3.8, 4) is 5.00 Å². The number of likely N-dealkylation sites (tertiary alicyclic amines) is 1. The summed E-state index contributed by atoms with van der Waals surface area (Å²) < 4.78 is 6.81. The van der Waals surface area contributed by atoms with E-state index in [0.717, 1.165) is 15.4 Å². The fourth-order valence-electron chi connectivity index (χ4n) is 3.30. The predicted molar refractivity (Wildman–Crippen MR) is 97.4 cm³/mol. The van der Waals surface area contributed by atoms with Crippen LogP contribution in [-0.4, -0.2) is 54.1 Å². The second-order valence-electron chi connectivity index (χ2n) is 6.44. The van der Waals surface area contributed by atoms with E-state index in [-0.39, 0.29) is 24.0 Å². The van der Waals surface area contributed by atoms with E-state index in [9.17, 15) is 9.59 Å². The van der Waals surface area contributed by atoms with Crippen LogP contribution in [0.1, 0.15) is 27.2 Å². The summed E-state index contributed by atoms with van der Waals surface area (Å²) in [6, 6.07) is 3.51. The number of aryl methyl sites for hydroxylation is 1. The first kappa shape index (κ1) is 17.7. The topological polar surface area (TPSA) is 63.6 Å². The van der Waals surface area contributed by atoms with E-state index in [0.29, 0.717) is 18.5 Å². The molecule has 1 amide bonds. The fourth-order valence-corrected chi connectivity index (χ4v) is 4.42. The van der Waals surface area contributed by atoms with Crippen molar-refractivity contribution < 1.29 is 14.3 Å². The summed E-state index contributed by atoms with van der Waals surface area (Å²) in [5.74, 6) is -0.343. The Kier molecular flexibility index (Phi) is 4.96. The highest BCUT2D eigenvalue weighted by molar-refractivity contribution is 7.15. The molecule has 1 aliphatic heterocycles. The minimum Gasteiger partial charge on any atom is -0.468 e. The normalized spacial score (nSPS) is 20.6. The monoisotopic (exact) mass is 361 g/mol. The Balaban J connectivity index is 1.80. The van der Waals surface area contributed by atoms with Crippen molar-refractivity contribution in [2.45, 2.75) is 32.4 Å². The van der Waals surface area contributed by atoms with Gasteiger partial charge in [0.25, 0.3) is 5.91 Å². The van der Waals surface area contributed by atoms with Crippen molar-refractivity contribution in [3.05, 3.63) is 40.5 Å². The number of aromatic nitrogens is 1. The average molecular weight is 361 g/mol. The van der Waals surface area contributed by atoms with Gasteiger partial charge in [-0.3, -0.25) is 14.5 Å². The molecule has 0 unspecified atom stereocenters. The maximum absolute atomic E-state index is 13.0. The number of nitrogens with zero attached hydrogens (tertiary/aromatic N) is 2. The van der Waals surface area contributed by atoms with Crippen LogP contribution < -0.4 is 5.32 Å². The van der Waals surface area contributed by atoms with Crippen LogP contribution in [0.3, 0.4) is 0 Å². The van der Waals surface area contributed by atoms with Gasteiger partial charge in [0.1, 0.15) is 11.0 Å². The maximum Gasteiger partial charge on any atom is 0.323 e. The van der Waals surface area contributed by atoms with Crippen LogP contribution in [0.4, 0.5) is 0 Å². The number of nitrogens with one attached hydrogen (secondary N) is 1. The number of hydrogen-bond donors (Lipinski definition) is 1. The fraction of sp³-hybridized carbons (Fsp3) is 0.444. The van der Waals surface area contributed by atoms with Crippen LogP contribution in [0.15, 0.2) is 24.5 Å². The Bertz CT molecular complexity index is 782. The van der Waals surface area contributed by atoms with E-state index in [1.807, 2.05) is 54.9 Å². The van der Waals surface area contributed by atoms with E-state index < -0.39 is 0 Å². The number of ether oxygens (including phenoxy) is 1. The third kappa shape index (κ3) is 3.34. The van der Waals surface area contributed by atoms with Gasteiger partial charge in [-0.1, -0.05) is 0 Å². The molecule has 2 aromatic rings. The Labute approximate surface area is 151 Å².